The van der Waals surface area contributed by atoms with Crippen molar-refractivity contribution in [1.82, 2.24) is 9.21 Å². The summed E-state index contributed by atoms with van der Waals surface area (Å²) in [6.07, 6.45) is -5.04. The van der Waals surface area contributed by atoms with Gasteiger partial charge in [-0.05, 0) is 36.1 Å². The van der Waals surface area contributed by atoms with E-state index in [-0.39, 0.29) is 29.4 Å². The van der Waals surface area contributed by atoms with Crippen molar-refractivity contribution < 1.29 is 36.5 Å². The number of thiophene rings is 1. The third-order valence-corrected chi connectivity index (χ3v) is 10.1. The Morgan fingerprint density at radius 3 is 2.44 bits per heavy atom. The first-order chi connectivity index (χ1) is 17.0. The molecule has 2 aliphatic heterocycles. The number of ether oxygens (including phenoxy) is 1. The standard InChI is InChI=1S/C23H30F3N3O5S2/c1-17-15-34-11-10-27(17)13-20-14-28(36(32,33)21-3-2-12-35-21)8-9-29(20)19-6-4-18(5-7-19)22(31,16-30)23(24,25)26/h2-7,12,17,20,30-31H,8-11,13-16H2,1H3/t17-,20-,22?/m0/s1. The maximum absolute atomic E-state index is 13.4. The normalized spacial score (nSPS) is 24.6. The maximum atomic E-state index is 13.4. The number of nitrogens with zero attached hydrogens (tertiary/aromatic N) is 3. The fourth-order valence-corrected chi connectivity index (χ4v) is 7.27. The number of rotatable bonds is 7. The Hall–Kier alpha value is -1.74. The Bertz CT molecular complexity index is 1120. The number of aliphatic hydroxyl groups is 2. The van der Waals surface area contributed by atoms with Crippen LogP contribution in [0.15, 0.2) is 46.0 Å². The van der Waals surface area contributed by atoms with E-state index >= 15 is 0 Å². The molecule has 1 aromatic carbocycles. The molecule has 4 rings (SSSR count). The Labute approximate surface area is 212 Å². The highest BCUT2D eigenvalue weighted by atomic mass is 32.2. The molecule has 13 heteroatoms. The lowest BCUT2D eigenvalue weighted by molar-refractivity contribution is -0.277. The third kappa shape index (κ3) is 5.28. The highest BCUT2D eigenvalue weighted by Crippen LogP contribution is 2.39. The number of morpholine rings is 1. The zero-order valence-corrected chi connectivity index (χ0v) is 21.4. The van der Waals surface area contributed by atoms with Crippen molar-refractivity contribution in [3.05, 3.63) is 47.3 Å². The van der Waals surface area contributed by atoms with Crippen molar-refractivity contribution >= 4 is 27.0 Å². The van der Waals surface area contributed by atoms with Crippen molar-refractivity contribution in [2.45, 2.75) is 35.0 Å². The molecule has 2 fully saturated rings. The van der Waals surface area contributed by atoms with E-state index in [1.54, 1.807) is 17.5 Å². The van der Waals surface area contributed by atoms with Gasteiger partial charge in [-0.1, -0.05) is 18.2 Å². The predicted molar refractivity (Wildman–Crippen MR) is 130 cm³/mol. The highest BCUT2D eigenvalue weighted by Gasteiger charge is 2.54. The van der Waals surface area contributed by atoms with Crippen molar-refractivity contribution in [2.24, 2.45) is 0 Å². The summed E-state index contributed by atoms with van der Waals surface area (Å²) in [7, 11) is -3.66. The van der Waals surface area contributed by atoms with E-state index in [9.17, 15) is 31.8 Å². The molecular weight excluding hydrogens is 519 g/mol. The molecule has 2 N–H and O–H groups in total. The van der Waals surface area contributed by atoms with Gasteiger partial charge in [0.15, 0.2) is 0 Å². The molecule has 0 amide bonds. The van der Waals surface area contributed by atoms with E-state index in [1.807, 2.05) is 11.8 Å². The molecule has 2 saturated heterocycles. The van der Waals surface area contributed by atoms with E-state index in [1.165, 1.54) is 16.4 Å². The Balaban J connectivity index is 1.61. The van der Waals surface area contributed by atoms with Crippen molar-refractivity contribution in [1.29, 1.82) is 0 Å². The number of hydrogen-bond donors (Lipinski definition) is 2. The SMILES string of the molecule is C[C@H]1COCCN1C[C@H]1CN(S(=O)(=O)c2cccs2)CCN1c1ccc(C(O)(CO)C(F)(F)F)cc1. The van der Waals surface area contributed by atoms with Crippen LogP contribution in [0.4, 0.5) is 18.9 Å². The van der Waals surface area contributed by atoms with E-state index in [0.29, 0.717) is 38.5 Å². The molecule has 200 valence electrons. The molecule has 0 bridgehead atoms. The number of benzene rings is 1. The molecule has 0 saturated carbocycles. The first kappa shape index (κ1) is 27.3. The quantitative estimate of drug-likeness (QED) is 0.547. The molecule has 3 heterocycles. The van der Waals surface area contributed by atoms with Gasteiger partial charge in [-0.2, -0.15) is 17.5 Å². The summed E-state index contributed by atoms with van der Waals surface area (Å²) >= 11 is 1.16. The van der Waals surface area contributed by atoms with E-state index < -0.39 is 34.0 Å². The molecule has 3 atom stereocenters. The summed E-state index contributed by atoms with van der Waals surface area (Å²) < 4.78 is 73.8. The van der Waals surface area contributed by atoms with Crippen LogP contribution in [0.5, 0.6) is 0 Å². The first-order valence-corrected chi connectivity index (χ1v) is 13.9. The Kier molecular flexibility index (Phi) is 8.01. The van der Waals surface area contributed by atoms with Gasteiger partial charge in [-0.15, -0.1) is 11.3 Å². The zero-order valence-electron chi connectivity index (χ0n) is 19.8. The van der Waals surface area contributed by atoms with E-state index in [0.717, 1.165) is 23.5 Å². The first-order valence-electron chi connectivity index (χ1n) is 11.6. The molecule has 0 radical (unpaired) electrons. The van der Waals surface area contributed by atoms with Gasteiger partial charge in [0.25, 0.3) is 10.0 Å². The highest BCUT2D eigenvalue weighted by molar-refractivity contribution is 7.91. The van der Waals surface area contributed by atoms with Crippen molar-refractivity contribution in [3.8, 4) is 0 Å². The number of alkyl halides is 3. The van der Waals surface area contributed by atoms with Crippen LogP contribution in [0.2, 0.25) is 0 Å². The van der Waals surface area contributed by atoms with Crippen LogP contribution in [0.1, 0.15) is 12.5 Å². The maximum Gasteiger partial charge on any atom is 0.423 e. The van der Waals surface area contributed by atoms with Crippen molar-refractivity contribution in [2.75, 3.05) is 57.4 Å². The molecule has 36 heavy (non-hydrogen) atoms. The number of halogens is 3. The van der Waals surface area contributed by atoms with Crippen LogP contribution < -0.4 is 4.90 Å². The van der Waals surface area contributed by atoms with E-state index in [4.69, 9.17) is 4.74 Å². The Morgan fingerprint density at radius 1 is 1.14 bits per heavy atom. The molecule has 0 spiro atoms. The molecule has 0 aliphatic carbocycles. The molecule has 8 nitrogen and oxygen atoms in total. The largest absolute Gasteiger partial charge is 0.423 e. The summed E-state index contributed by atoms with van der Waals surface area (Å²) in [5, 5.41) is 21.0. The minimum atomic E-state index is -5.04. The summed E-state index contributed by atoms with van der Waals surface area (Å²) in [6, 6.07) is 8.40. The topological polar surface area (TPSA) is 93.6 Å². The van der Waals surface area contributed by atoms with Gasteiger partial charge in [0, 0.05) is 44.5 Å². The van der Waals surface area contributed by atoms with Gasteiger partial charge in [0.05, 0.1) is 25.9 Å². The summed E-state index contributed by atoms with van der Waals surface area (Å²) in [6.45, 7) is 3.70. The summed E-state index contributed by atoms with van der Waals surface area (Å²) in [4.78, 5) is 4.23. The van der Waals surface area contributed by atoms with Gasteiger partial charge in [0.1, 0.15) is 4.21 Å². The lowest BCUT2D eigenvalue weighted by Gasteiger charge is -2.45. The van der Waals surface area contributed by atoms with Crippen LogP contribution in [-0.4, -0.2) is 98.6 Å². The van der Waals surface area contributed by atoms with Gasteiger partial charge >= 0.3 is 6.18 Å². The second-order valence-electron chi connectivity index (χ2n) is 9.12. The summed E-state index contributed by atoms with van der Waals surface area (Å²) in [5.41, 5.74) is -3.21. The lowest BCUT2D eigenvalue weighted by Crippen LogP contribution is -2.60. The number of sulfonamides is 1. The van der Waals surface area contributed by atoms with Crippen LogP contribution in [0.25, 0.3) is 0 Å². The van der Waals surface area contributed by atoms with Crippen LogP contribution >= 0.6 is 11.3 Å². The molecule has 2 aromatic rings. The molecule has 2 aliphatic rings. The number of hydrogen-bond acceptors (Lipinski definition) is 8. The average Bonchev–Trinajstić information content (AvgIpc) is 3.40. The monoisotopic (exact) mass is 549 g/mol. The summed E-state index contributed by atoms with van der Waals surface area (Å²) in [5.74, 6) is 0. The molecule has 1 unspecified atom stereocenters. The molecule has 1 aromatic heterocycles. The van der Waals surface area contributed by atoms with Gasteiger partial charge in [-0.3, -0.25) is 4.90 Å². The third-order valence-electron chi connectivity index (χ3n) is 6.86. The lowest BCUT2D eigenvalue weighted by atomic mass is 9.93. The van der Waals surface area contributed by atoms with E-state index in [2.05, 4.69) is 4.90 Å². The fourth-order valence-electron chi connectivity index (χ4n) is 4.66. The van der Waals surface area contributed by atoms with Crippen LogP contribution in [0.3, 0.4) is 0 Å². The van der Waals surface area contributed by atoms with Crippen LogP contribution in [-0.2, 0) is 20.4 Å². The number of anilines is 1. The van der Waals surface area contributed by atoms with Crippen molar-refractivity contribution in [3.63, 3.8) is 0 Å². The second kappa shape index (κ2) is 10.6. The molecular formula is C23H30F3N3O5S2. The van der Waals surface area contributed by atoms with Crippen LogP contribution in [0, 0.1) is 0 Å². The predicted octanol–water partition coefficient (Wildman–Crippen LogP) is 2.09. The average molecular weight is 550 g/mol. The number of piperazine rings is 1. The fraction of sp³-hybridized carbons (Fsp3) is 0.565. The van der Waals surface area contributed by atoms with Gasteiger partial charge < -0.3 is 19.8 Å². The smallest absolute Gasteiger partial charge is 0.393 e. The zero-order chi connectivity index (χ0) is 26.1. The number of aliphatic hydroxyl groups excluding tert-OH is 1. The Morgan fingerprint density at radius 2 is 1.86 bits per heavy atom. The van der Waals surface area contributed by atoms with Gasteiger partial charge in [0.2, 0.25) is 5.60 Å². The second-order valence-corrected chi connectivity index (χ2v) is 12.2. The minimum absolute atomic E-state index is 0.138. The minimum Gasteiger partial charge on any atom is -0.393 e. The van der Waals surface area contributed by atoms with Gasteiger partial charge in [-0.25, -0.2) is 8.42 Å².